The topological polar surface area (TPSA) is 279 Å². The first kappa shape index (κ1) is 65.9. The molecule has 6 rings (SSSR count). The van der Waals surface area contributed by atoms with Crippen LogP contribution in [0.5, 0.6) is 0 Å². The van der Waals surface area contributed by atoms with Crippen LogP contribution >= 0.6 is 23.4 Å². The van der Waals surface area contributed by atoms with Crippen LogP contribution < -0.4 is 5.32 Å². The maximum atomic E-state index is 14.1. The third kappa shape index (κ3) is 17.7. The van der Waals surface area contributed by atoms with Gasteiger partial charge < -0.3 is 62.8 Å². The highest BCUT2D eigenvalue weighted by atomic mass is 35.5. The molecule has 3 aliphatic carbocycles. The van der Waals surface area contributed by atoms with Gasteiger partial charge in [-0.25, -0.2) is 19.2 Å². The SMILES string of the molecule is COC1=C(Cl)C2CC(=C1)CC(C)CCC[C@@H](OC)[C@@]1(O)C[C@H](OC(=O)N1)[C@@H](C)[C@@H]1O[C@@]1(C)[C@@H](OC(=O)[C@H](C)N(C)C(=O)CCSC(=O)N(C)CCN(C)C(=O)OC1/C=C/CCCCC1OCC(=O)OCCN1C(=O)C=CC1=O)CC(O)C2. The van der Waals surface area contributed by atoms with Crippen LogP contribution in [0.25, 0.3) is 0 Å². The fraction of sp³-hybridized carbons (Fsp3) is 0.719. The molecule has 0 aromatic rings. The number of aliphatic hydroxyl groups excluding tert-OH is 1. The molecule has 3 heterocycles. The van der Waals surface area contributed by atoms with Crippen LogP contribution in [0.4, 0.5) is 14.4 Å². The lowest BCUT2D eigenvalue weighted by molar-refractivity contribution is -0.162. The van der Waals surface area contributed by atoms with Crippen LogP contribution in [-0.2, 0) is 61.9 Å². The third-order valence-electron chi connectivity index (χ3n) is 16.4. The molecule has 4 bridgehead atoms. The highest BCUT2D eigenvalue weighted by Crippen LogP contribution is 2.50. The van der Waals surface area contributed by atoms with Crippen molar-refractivity contribution in [2.75, 3.05) is 74.0 Å². The smallest absolute Gasteiger partial charge is 0.410 e. The second-order valence-electron chi connectivity index (χ2n) is 22.6. The standard InChI is InChI=1S/C57H84ClN5O18S/c1-34-15-14-18-44(75-9)57(73)32-43(78-53(70)59-57)35(2)51-56(4,81-51)45(31-39(64)30-38-28-37(27-34)29-42(74-8)50(38)58)80-52(69)36(3)62(7)46(65)21-26-82-55(72)61(6)23-22-60(5)54(71)79-41-17-13-11-10-12-16-40(41)77-33-49(68)76-25-24-63-47(66)19-20-48(63)67/h13,17,19-20,29,34-36,38-41,43-45,51,64,73H,10-12,14-16,18,21-28,30-33H2,1-9H3,(H,59,70)/b17-13+/t34?,35-,36+,38?,39?,40?,41?,43+,44-,45+,51+,56+,57+/m1/s1. The molecule has 6 aliphatic rings. The number of nitrogens with one attached hydrogen (secondary N) is 1. The van der Waals surface area contributed by atoms with Crippen LogP contribution in [-0.4, -0.2) is 211 Å². The summed E-state index contributed by atoms with van der Waals surface area (Å²) < 4.78 is 46.7. The first-order valence-corrected chi connectivity index (χ1v) is 29.7. The Labute approximate surface area is 489 Å². The van der Waals surface area contributed by atoms with E-state index in [9.17, 15) is 48.6 Å². The van der Waals surface area contributed by atoms with E-state index in [-0.39, 0.29) is 74.8 Å². The molecule has 25 heteroatoms. The van der Waals surface area contributed by atoms with Crippen molar-refractivity contribution in [1.82, 2.24) is 24.9 Å². The molecule has 5 unspecified atom stereocenters. The number of ether oxygens (including phenoxy) is 8. The zero-order chi connectivity index (χ0) is 60.1. The number of imide groups is 1. The predicted octanol–water partition coefficient (Wildman–Crippen LogP) is 5.73. The highest BCUT2D eigenvalue weighted by Gasteiger charge is 2.64. The van der Waals surface area contributed by atoms with Crippen molar-refractivity contribution >= 4 is 70.4 Å². The van der Waals surface area contributed by atoms with E-state index in [0.717, 1.165) is 66.5 Å². The Morgan fingerprint density at radius 3 is 2.38 bits per heavy atom. The Morgan fingerprint density at radius 1 is 0.951 bits per heavy atom. The molecule has 82 heavy (non-hydrogen) atoms. The van der Waals surface area contributed by atoms with Crippen molar-refractivity contribution in [2.24, 2.45) is 17.8 Å². The minimum absolute atomic E-state index is 0.00654. The first-order valence-electron chi connectivity index (χ1n) is 28.3. The number of nitrogens with zero attached hydrogens (tertiary/aromatic N) is 4. The van der Waals surface area contributed by atoms with Crippen LogP contribution in [0.15, 0.2) is 46.7 Å². The van der Waals surface area contributed by atoms with Crippen molar-refractivity contribution in [3.63, 3.8) is 0 Å². The number of hydrogen-bond donors (Lipinski definition) is 3. The summed E-state index contributed by atoms with van der Waals surface area (Å²) in [6, 6.07) is -1.11. The fourth-order valence-corrected chi connectivity index (χ4v) is 12.2. The average Bonchev–Trinajstić information content (AvgIpc) is 4.25. The number of fused-ring (bicyclic) bond motifs is 5. The lowest BCUT2D eigenvalue weighted by Gasteiger charge is -2.43. The summed E-state index contributed by atoms with van der Waals surface area (Å²) in [5.74, 6) is -2.87. The molecule has 0 radical (unpaired) electrons. The first-order chi connectivity index (χ1) is 38.9. The molecule has 0 aromatic carbocycles. The second-order valence-corrected chi connectivity index (χ2v) is 24.0. The molecule has 1 saturated carbocycles. The average molecular weight is 1190 g/mol. The molecule has 13 atom stereocenters. The van der Waals surface area contributed by atoms with E-state index in [0.29, 0.717) is 36.5 Å². The summed E-state index contributed by atoms with van der Waals surface area (Å²) in [4.78, 5) is 108. The van der Waals surface area contributed by atoms with E-state index in [4.69, 9.17) is 49.5 Å². The molecule has 3 aliphatic heterocycles. The van der Waals surface area contributed by atoms with E-state index in [1.165, 1.54) is 42.8 Å². The Bertz CT molecular complexity index is 2430. The number of hydrogen-bond acceptors (Lipinski definition) is 19. The minimum atomic E-state index is -1.75. The predicted molar refractivity (Wildman–Crippen MR) is 299 cm³/mol. The summed E-state index contributed by atoms with van der Waals surface area (Å²) >= 11 is 7.80. The van der Waals surface area contributed by atoms with Crippen molar-refractivity contribution < 1.29 is 86.5 Å². The van der Waals surface area contributed by atoms with Gasteiger partial charge in [0.05, 0.1) is 37.0 Å². The summed E-state index contributed by atoms with van der Waals surface area (Å²) in [6.07, 6.45) is 6.73. The molecule has 458 valence electrons. The van der Waals surface area contributed by atoms with Crippen molar-refractivity contribution in [2.45, 2.75) is 171 Å². The number of esters is 2. The number of halogens is 1. The number of alkyl carbamates (subject to hydrolysis) is 1. The van der Waals surface area contributed by atoms with Crippen LogP contribution in [0, 0.1) is 17.8 Å². The minimum Gasteiger partial charge on any atom is -0.496 e. The van der Waals surface area contributed by atoms with Gasteiger partial charge in [0.1, 0.15) is 55.0 Å². The van der Waals surface area contributed by atoms with Gasteiger partial charge in [0.2, 0.25) is 5.91 Å². The molecule has 3 N–H and O–H groups in total. The number of rotatable bonds is 18. The van der Waals surface area contributed by atoms with E-state index in [1.807, 2.05) is 19.1 Å². The number of methoxy groups -OCH3 is 2. The summed E-state index contributed by atoms with van der Waals surface area (Å²) in [5.41, 5.74) is -1.83. The zero-order valence-electron chi connectivity index (χ0n) is 48.7. The van der Waals surface area contributed by atoms with Crippen LogP contribution in [0.1, 0.15) is 111 Å². The van der Waals surface area contributed by atoms with Crippen LogP contribution in [0.3, 0.4) is 0 Å². The lowest BCUT2D eigenvalue weighted by atomic mass is 9.81. The van der Waals surface area contributed by atoms with Crippen molar-refractivity contribution in [3.05, 3.63) is 46.7 Å². The summed E-state index contributed by atoms with van der Waals surface area (Å²) in [6.45, 7) is 6.71. The van der Waals surface area contributed by atoms with Gasteiger partial charge in [0.25, 0.3) is 17.1 Å². The quantitative estimate of drug-likeness (QED) is 0.0486. The van der Waals surface area contributed by atoms with Gasteiger partial charge >= 0.3 is 24.1 Å². The lowest BCUT2D eigenvalue weighted by Crippen LogP contribution is -2.64. The Kier molecular flexibility index (Phi) is 24.1. The highest BCUT2D eigenvalue weighted by molar-refractivity contribution is 8.13. The van der Waals surface area contributed by atoms with E-state index >= 15 is 0 Å². The Balaban J connectivity index is 1.00. The number of likely N-dealkylation sites (N-methyl/N-ethyl adjacent to an activating group) is 3. The summed E-state index contributed by atoms with van der Waals surface area (Å²) in [7, 11) is 7.58. The monoisotopic (exact) mass is 1190 g/mol. The molecular formula is C57H84ClN5O18S. The number of thioether (sulfide) groups is 1. The van der Waals surface area contributed by atoms with Crippen molar-refractivity contribution in [1.29, 1.82) is 0 Å². The number of amides is 6. The number of aliphatic hydroxyl groups is 2. The van der Waals surface area contributed by atoms with E-state index in [1.54, 1.807) is 27.2 Å². The van der Waals surface area contributed by atoms with Gasteiger partial charge in [-0.2, -0.15) is 0 Å². The maximum absolute atomic E-state index is 14.1. The number of allylic oxidation sites excluding steroid dienone is 4. The number of carbonyl (C=O) groups excluding carboxylic acids is 8. The van der Waals surface area contributed by atoms with Gasteiger partial charge in [0, 0.05) is 90.3 Å². The zero-order valence-corrected chi connectivity index (χ0v) is 50.2. The summed E-state index contributed by atoms with van der Waals surface area (Å²) in [5, 5.41) is 26.5. The van der Waals surface area contributed by atoms with Gasteiger partial charge in [-0.05, 0) is 76.9 Å². The Morgan fingerprint density at radius 2 is 1.67 bits per heavy atom. The molecule has 23 nitrogen and oxygen atoms in total. The molecule has 0 aromatic heterocycles. The molecule has 3 fully saturated rings. The maximum Gasteiger partial charge on any atom is 0.410 e. The molecule has 2 saturated heterocycles. The number of carbonyl (C=O) groups is 8. The molecular weight excluding hydrogens is 1110 g/mol. The molecule has 6 amide bonds. The van der Waals surface area contributed by atoms with E-state index in [2.05, 4.69) is 12.2 Å². The fourth-order valence-electron chi connectivity index (χ4n) is 11.2. The normalized spacial score (nSPS) is 31.4. The van der Waals surface area contributed by atoms with Gasteiger partial charge in [-0.3, -0.25) is 29.4 Å². The van der Waals surface area contributed by atoms with Crippen LogP contribution in [0.2, 0.25) is 0 Å². The van der Waals surface area contributed by atoms with Gasteiger partial charge in [-0.15, -0.1) is 0 Å². The van der Waals surface area contributed by atoms with Gasteiger partial charge in [-0.1, -0.05) is 68.1 Å². The van der Waals surface area contributed by atoms with Gasteiger partial charge in [0.15, 0.2) is 5.72 Å². The van der Waals surface area contributed by atoms with E-state index < -0.39 is 114 Å². The largest absolute Gasteiger partial charge is 0.496 e. The molecule has 0 spiro atoms. The van der Waals surface area contributed by atoms with Crippen molar-refractivity contribution in [3.8, 4) is 0 Å². The third-order valence-corrected chi connectivity index (χ3v) is 17.9. The second kappa shape index (κ2) is 30.0. The number of epoxide rings is 1. The Hall–Kier alpha value is -5.24.